The summed E-state index contributed by atoms with van der Waals surface area (Å²) in [6, 6.07) is 9.95. The lowest BCUT2D eigenvalue weighted by molar-refractivity contribution is -0.116. The highest BCUT2D eigenvalue weighted by atomic mass is 32.3. The molecule has 1 aliphatic rings. The van der Waals surface area contributed by atoms with Crippen molar-refractivity contribution in [3.63, 3.8) is 0 Å². The van der Waals surface area contributed by atoms with Gasteiger partial charge in [-0.3, -0.25) is 4.79 Å². The first-order valence-corrected chi connectivity index (χ1v) is 7.32. The van der Waals surface area contributed by atoms with E-state index >= 15 is 0 Å². The van der Waals surface area contributed by atoms with Gasteiger partial charge in [-0.15, -0.1) is 10.3 Å². The molecule has 0 saturated carbocycles. The van der Waals surface area contributed by atoms with Crippen LogP contribution in [0.4, 0.5) is 0 Å². The average molecular weight is 224 g/mol. The third-order valence-electron chi connectivity index (χ3n) is 2.69. The molecule has 1 atom stereocenters. The summed E-state index contributed by atoms with van der Waals surface area (Å²) >= 11 is 0. The number of hydrogen-bond donors (Lipinski definition) is 1. The van der Waals surface area contributed by atoms with Crippen LogP contribution >= 0.6 is 10.3 Å². The molecule has 0 aromatic heterocycles. The van der Waals surface area contributed by atoms with Crippen LogP contribution in [0.15, 0.2) is 30.3 Å². The largest absolute Gasteiger partial charge is 0.351 e. The summed E-state index contributed by atoms with van der Waals surface area (Å²) in [7, 11) is -1.69. The van der Waals surface area contributed by atoms with Crippen molar-refractivity contribution in [1.29, 1.82) is 0 Å². The summed E-state index contributed by atoms with van der Waals surface area (Å²) in [6.07, 6.45) is 1.52. The van der Waals surface area contributed by atoms with Crippen molar-refractivity contribution in [2.45, 2.75) is 18.6 Å². The van der Waals surface area contributed by atoms with Gasteiger partial charge in [0.1, 0.15) is 5.78 Å². The summed E-state index contributed by atoms with van der Waals surface area (Å²) in [4.78, 5) is 11.3. The highest BCUT2D eigenvalue weighted by Gasteiger charge is 2.28. The van der Waals surface area contributed by atoms with Crippen LogP contribution in [0, 0.1) is 0 Å². The summed E-state index contributed by atoms with van der Waals surface area (Å²) in [5.74, 6) is 2.14. The first kappa shape index (κ1) is 10.7. The fraction of sp³-hybridized carbons (Fsp3) is 0.417. The molecule has 2 nitrogen and oxygen atoms in total. The Labute approximate surface area is 91.8 Å². The fourth-order valence-corrected chi connectivity index (χ4v) is 4.62. The van der Waals surface area contributed by atoms with E-state index in [-0.39, 0.29) is 5.78 Å². The van der Waals surface area contributed by atoms with Gasteiger partial charge in [0.05, 0.1) is 5.75 Å². The predicted molar refractivity (Wildman–Crippen MR) is 64.3 cm³/mol. The van der Waals surface area contributed by atoms with Gasteiger partial charge in [0.15, 0.2) is 0 Å². The molecule has 1 fully saturated rings. The average Bonchev–Trinajstić information content (AvgIpc) is 2.18. The van der Waals surface area contributed by atoms with Gasteiger partial charge in [0, 0.05) is 12.2 Å². The van der Waals surface area contributed by atoms with E-state index in [2.05, 4.69) is 0 Å². The smallest absolute Gasteiger partial charge is 0.143 e. The second kappa shape index (κ2) is 4.37. The van der Waals surface area contributed by atoms with Gasteiger partial charge in [0.2, 0.25) is 0 Å². The van der Waals surface area contributed by atoms with Crippen LogP contribution in [0.25, 0.3) is 0 Å². The Kier molecular flexibility index (Phi) is 3.12. The zero-order valence-corrected chi connectivity index (χ0v) is 9.50. The lowest BCUT2D eigenvalue weighted by Gasteiger charge is -2.36. The van der Waals surface area contributed by atoms with Crippen molar-refractivity contribution in [2.75, 3.05) is 11.5 Å². The van der Waals surface area contributed by atoms with Gasteiger partial charge in [0.25, 0.3) is 0 Å². The highest BCUT2D eigenvalue weighted by molar-refractivity contribution is 8.29. The molecule has 0 amide bonds. The van der Waals surface area contributed by atoms with Gasteiger partial charge >= 0.3 is 0 Å². The summed E-state index contributed by atoms with van der Waals surface area (Å²) in [5, 5.41) is 0. The maximum atomic E-state index is 11.3. The van der Waals surface area contributed by atoms with E-state index in [0.717, 1.165) is 17.7 Å². The third-order valence-corrected chi connectivity index (χ3v) is 5.47. The number of benzene rings is 1. The lowest BCUT2D eigenvalue weighted by atomic mass is 10.2. The molecule has 15 heavy (non-hydrogen) atoms. The molecule has 0 aliphatic carbocycles. The molecule has 0 radical (unpaired) electrons. The van der Waals surface area contributed by atoms with Gasteiger partial charge in [-0.05, 0) is 17.7 Å². The molecule has 0 bridgehead atoms. The second-order valence-electron chi connectivity index (χ2n) is 4.12. The second-order valence-corrected chi connectivity index (χ2v) is 7.11. The molecule has 1 aromatic carbocycles. The minimum atomic E-state index is -1.69. The number of Topliss-reactive ketones (excluding diaryl/α,β-unsaturated/α-hetero) is 1. The zero-order valence-electron chi connectivity index (χ0n) is 8.69. The predicted octanol–water partition coefficient (Wildman–Crippen LogP) is 2.83. The Morgan fingerprint density at radius 3 is 2.67 bits per heavy atom. The van der Waals surface area contributed by atoms with Crippen molar-refractivity contribution >= 4 is 16.1 Å². The molecule has 1 N–H and O–H groups in total. The van der Waals surface area contributed by atoms with Crippen molar-refractivity contribution in [3.05, 3.63) is 35.9 Å². The molecule has 3 heteroatoms. The maximum Gasteiger partial charge on any atom is 0.143 e. The van der Waals surface area contributed by atoms with Crippen LogP contribution in [-0.4, -0.2) is 21.8 Å². The van der Waals surface area contributed by atoms with Crippen molar-refractivity contribution in [2.24, 2.45) is 0 Å². The molecule has 1 saturated heterocycles. The Hall–Kier alpha value is -0.800. The molecular weight excluding hydrogens is 208 g/mol. The van der Waals surface area contributed by atoms with Crippen LogP contribution in [0.1, 0.15) is 18.4 Å². The van der Waals surface area contributed by atoms with E-state index in [9.17, 15) is 9.35 Å². The molecule has 1 unspecified atom stereocenters. The number of carbonyl (C=O) groups excluding carboxylic acids is 1. The van der Waals surface area contributed by atoms with E-state index in [4.69, 9.17) is 0 Å². The lowest BCUT2D eigenvalue weighted by Crippen LogP contribution is -2.23. The summed E-state index contributed by atoms with van der Waals surface area (Å²) in [5.41, 5.74) is 1.14. The van der Waals surface area contributed by atoms with E-state index < -0.39 is 10.3 Å². The van der Waals surface area contributed by atoms with Crippen LogP contribution in [-0.2, 0) is 10.5 Å². The first-order chi connectivity index (χ1) is 7.18. The molecule has 2 rings (SSSR count). The molecular formula is C12H16O2S. The Bertz CT molecular complexity index is 350. The molecule has 1 aromatic rings. The van der Waals surface area contributed by atoms with Crippen molar-refractivity contribution < 1.29 is 9.35 Å². The Balaban J connectivity index is 2.07. The molecule has 82 valence electrons. The summed E-state index contributed by atoms with van der Waals surface area (Å²) in [6.45, 7) is 0. The number of carbonyl (C=O) groups is 1. The van der Waals surface area contributed by atoms with E-state index in [0.29, 0.717) is 17.9 Å². The van der Waals surface area contributed by atoms with Crippen LogP contribution < -0.4 is 0 Å². The third kappa shape index (κ3) is 2.83. The minimum absolute atomic E-state index is 0.231. The highest BCUT2D eigenvalue weighted by Crippen LogP contribution is 2.50. The standard InChI is InChI=1S/C12H16O2S/c13-12-7-4-8-15(14,10-12)9-11-5-2-1-3-6-11/h1-3,5-6,14H,4,7-10H2. The first-order valence-electron chi connectivity index (χ1n) is 5.22. The fourth-order valence-electron chi connectivity index (χ4n) is 1.99. The van der Waals surface area contributed by atoms with Crippen LogP contribution in [0.5, 0.6) is 0 Å². The maximum absolute atomic E-state index is 11.3. The van der Waals surface area contributed by atoms with Gasteiger partial charge in [-0.2, -0.15) is 0 Å². The normalized spacial score (nSPS) is 30.9. The molecule has 1 heterocycles. The number of rotatable bonds is 2. The zero-order chi connectivity index (χ0) is 10.7. The Morgan fingerprint density at radius 2 is 2.00 bits per heavy atom. The molecule has 1 aliphatic heterocycles. The molecule has 0 spiro atoms. The monoisotopic (exact) mass is 224 g/mol. The van der Waals surface area contributed by atoms with Crippen LogP contribution in [0.2, 0.25) is 0 Å². The van der Waals surface area contributed by atoms with Crippen LogP contribution in [0.3, 0.4) is 0 Å². The quantitative estimate of drug-likeness (QED) is 0.838. The van der Waals surface area contributed by atoms with Crippen molar-refractivity contribution in [1.82, 2.24) is 0 Å². The van der Waals surface area contributed by atoms with Gasteiger partial charge in [-0.1, -0.05) is 30.3 Å². The number of ketones is 1. The SMILES string of the molecule is O=C1CCCS(O)(Cc2ccccc2)C1. The van der Waals surface area contributed by atoms with Gasteiger partial charge in [-0.25, -0.2) is 0 Å². The van der Waals surface area contributed by atoms with Gasteiger partial charge < -0.3 is 4.55 Å². The summed E-state index contributed by atoms with van der Waals surface area (Å²) < 4.78 is 10.4. The van der Waals surface area contributed by atoms with Crippen molar-refractivity contribution in [3.8, 4) is 0 Å². The number of hydrogen-bond acceptors (Lipinski definition) is 2. The Morgan fingerprint density at radius 1 is 1.27 bits per heavy atom. The minimum Gasteiger partial charge on any atom is -0.351 e. The topological polar surface area (TPSA) is 37.3 Å². The van der Waals surface area contributed by atoms with E-state index in [1.165, 1.54) is 0 Å². The van der Waals surface area contributed by atoms with E-state index in [1.54, 1.807) is 0 Å². The van der Waals surface area contributed by atoms with E-state index in [1.807, 2.05) is 30.3 Å².